The van der Waals surface area contributed by atoms with Crippen molar-refractivity contribution in [1.29, 1.82) is 0 Å². The summed E-state index contributed by atoms with van der Waals surface area (Å²) < 4.78 is 5.81. The van der Waals surface area contributed by atoms with Crippen LogP contribution in [0.1, 0.15) is 51.0 Å². The highest BCUT2D eigenvalue weighted by Crippen LogP contribution is 2.54. The number of rotatable bonds is 5. The summed E-state index contributed by atoms with van der Waals surface area (Å²) in [6.45, 7) is 3.71. The quantitative estimate of drug-likeness (QED) is 0.883. The largest absolute Gasteiger partial charge is 0.490 e. The average molecular weight is 355 g/mol. The van der Waals surface area contributed by atoms with Crippen LogP contribution in [0.5, 0.6) is 5.75 Å². The van der Waals surface area contributed by atoms with Gasteiger partial charge in [-0.1, -0.05) is 12.1 Å². The number of hydrogen-bond donors (Lipinski definition) is 1. The maximum absolute atomic E-state index is 12.4. The fraction of sp³-hybridized carbons (Fsp3) is 0.682. The predicted molar refractivity (Wildman–Crippen MR) is 98.9 cm³/mol. The summed E-state index contributed by atoms with van der Waals surface area (Å²) in [6, 6.07) is 8.64. The molecule has 1 aliphatic heterocycles. The normalized spacial score (nSPS) is 32.5. The Morgan fingerprint density at radius 1 is 1.15 bits per heavy atom. The highest BCUT2D eigenvalue weighted by Gasteiger charge is 2.55. The van der Waals surface area contributed by atoms with E-state index in [-0.39, 0.29) is 11.8 Å². The van der Waals surface area contributed by atoms with Crippen molar-refractivity contribution in [3.05, 3.63) is 29.8 Å². The number of hydrogen-bond acceptors (Lipinski definition) is 3. The molecule has 0 unspecified atom stereocenters. The molecule has 1 aromatic carbocycles. The van der Waals surface area contributed by atoms with Crippen molar-refractivity contribution in [3.8, 4) is 5.75 Å². The molecule has 1 spiro atoms. The van der Waals surface area contributed by atoms with Crippen LogP contribution >= 0.6 is 0 Å². The van der Waals surface area contributed by atoms with E-state index in [1.807, 2.05) is 11.8 Å². The van der Waals surface area contributed by atoms with Crippen molar-refractivity contribution in [2.24, 2.45) is 17.3 Å². The van der Waals surface area contributed by atoms with Gasteiger partial charge in [0.1, 0.15) is 5.75 Å². The van der Waals surface area contributed by atoms with Crippen LogP contribution in [-0.2, 0) is 11.2 Å². The zero-order valence-corrected chi connectivity index (χ0v) is 15.6. The standard InChI is InChI=1S/C22H29NO3/c1-21(25)11-17(12-21)20(24)23-13-22(14-23)9-16(10-22)8-15-2-4-18(5-3-15)26-19-6-7-19/h2-5,16-17,19,25H,6-14H2,1H3. The van der Waals surface area contributed by atoms with Crippen LogP contribution in [0, 0.1) is 17.3 Å². The lowest BCUT2D eigenvalue weighted by atomic mass is 9.56. The first-order valence-corrected chi connectivity index (χ1v) is 10.2. The van der Waals surface area contributed by atoms with Gasteiger partial charge in [0.05, 0.1) is 11.7 Å². The van der Waals surface area contributed by atoms with E-state index in [4.69, 9.17) is 4.74 Å². The predicted octanol–water partition coefficient (Wildman–Crippen LogP) is 3.17. The van der Waals surface area contributed by atoms with E-state index in [1.54, 1.807) is 0 Å². The molecule has 1 heterocycles. The summed E-state index contributed by atoms with van der Waals surface area (Å²) >= 11 is 0. The minimum absolute atomic E-state index is 0.0644. The Balaban J connectivity index is 1.06. The van der Waals surface area contributed by atoms with Crippen molar-refractivity contribution >= 4 is 5.91 Å². The lowest BCUT2D eigenvalue weighted by molar-refractivity contribution is -0.171. The highest BCUT2D eigenvalue weighted by molar-refractivity contribution is 5.81. The number of carbonyl (C=O) groups excluding carboxylic acids is 1. The SMILES string of the molecule is CC1(O)CC(C(=O)N2CC3(CC(Cc4ccc(OC5CC5)cc4)C3)C2)C1. The van der Waals surface area contributed by atoms with Gasteiger partial charge in [0.2, 0.25) is 5.91 Å². The third-order valence-electron chi connectivity index (χ3n) is 6.80. The summed E-state index contributed by atoms with van der Waals surface area (Å²) in [5.41, 5.74) is 1.20. The molecule has 4 aliphatic rings. The lowest BCUT2D eigenvalue weighted by Crippen LogP contribution is -2.66. The molecule has 4 nitrogen and oxygen atoms in total. The number of amides is 1. The van der Waals surface area contributed by atoms with Crippen molar-refractivity contribution < 1.29 is 14.6 Å². The molecule has 1 N–H and O–H groups in total. The number of aliphatic hydroxyl groups is 1. The molecular formula is C22H29NO3. The Morgan fingerprint density at radius 3 is 2.38 bits per heavy atom. The minimum Gasteiger partial charge on any atom is -0.490 e. The molecule has 3 aliphatic carbocycles. The highest BCUT2D eigenvalue weighted by atomic mass is 16.5. The maximum atomic E-state index is 12.4. The maximum Gasteiger partial charge on any atom is 0.225 e. The smallest absolute Gasteiger partial charge is 0.225 e. The van der Waals surface area contributed by atoms with Crippen LogP contribution in [-0.4, -0.2) is 40.7 Å². The van der Waals surface area contributed by atoms with Gasteiger partial charge >= 0.3 is 0 Å². The summed E-state index contributed by atoms with van der Waals surface area (Å²) in [6.07, 6.45) is 7.78. The zero-order chi connectivity index (χ0) is 17.9. The van der Waals surface area contributed by atoms with E-state index >= 15 is 0 Å². The second kappa shape index (κ2) is 5.72. The van der Waals surface area contributed by atoms with Crippen molar-refractivity contribution in [2.45, 2.75) is 63.6 Å². The van der Waals surface area contributed by atoms with Crippen LogP contribution in [0.4, 0.5) is 0 Å². The summed E-state index contributed by atoms with van der Waals surface area (Å²) in [4.78, 5) is 14.4. The molecule has 0 radical (unpaired) electrons. The van der Waals surface area contributed by atoms with Gasteiger partial charge < -0.3 is 14.7 Å². The number of likely N-dealkylation sites (tertiary alicyclic amines) is 1. The van der Waals surface area contributed by atoms with E-state index in [2.05, 4.69) is 24.3 Å². The van der Waals surface area contributed by atoms with Crippen LogP contribution in [0.3, 0.4) is 0 Å². The molecule has 140 valence electrons. The topological polar surface area (TPSA) is 49.8 Å². The Labute approximate surface area is 155 Å². The summed E-state index contributed by atoms with van der Waals surface area (Å²) in [7, 11) is 0. The molecule has 0 atom stereocenters. The van der Waals surface area contributed by atoms with E-state index in [9.17, 15) is 9.90 Å². The monoisotopic (exact) mass is 355 g/mol. The first kappa shape index (κ1) is 16.6. The minimum atomic E-state index is -0.607. The number of nitrogens with zero attached hydrogens (tertiary/aromatic N) is 1. The van der Waals surface area contributed by atoms with Gasteiger partial charge in [0, 0.05) is 24.4 Å². The van der Waals surface area contributed by atoms with Gasteiger partial charge in [-0.15, -0.1) is 0 Å². The Kier molecular flexibility index (Phi) is 3.66. The fourth-order valence-corrected chi connectivity index (χ4v) is 5.34. The average Bonchev–Trinajstić information content (AvgIpc) is 3.31. The van der Waals surface area contributed by atoms with E-state index in [0.29, 0.717) is 24.4 Å². The molecule has 4 fully saturated rings. The number of ether oxygens (including phenoxy) is 1. The first-order valence-electron chi connectivity index (χ1n) is 10.2. The van der Waals surface area contributed by atoms with Crippen LogP contribution in [0.2, 0.25) is 0 Å². The zero-order valence-electron chi connectivity index (χ0n) is 15.6. The number of benzene rings is 1. The molecule has 1 amide bonds. The first-order chi connectivity index (χ1) is 12.4. The Bertz CT molecular complexity index is 685. The third-order valence-corrected chi connectivity index (χ3v) is 6.80. The fourth-order valence-electron chi connectivity index (χ4n) is 5.34. The van der Waals surface area contributed by atoms with Gasteiger partial charge in [0.15, 0.2) is 0 Å². The molecule has 1 saturated heterocycles. The molecule has 5 rings (SSSR count). The van der Waals surface area contributed by atoms with Crippen LogP contribution in [0.25, 0.3) is 0 Å². The van der Waals surface area contributed by atoms with Crippen LogP contribution in [0.15, 0.2) is 24.3 Å². The van der Waals surface area contributed by atoms with Gasteiger partial charge in [-0.2, -0.15) is 0 Å². The third kappa shape index (κ3) is 3.13. The molecule has 0 aromatic heterocycles. The van der Waals surface area contributed by atoms with E-state index in [1.165, 1.54) is 31.2 Å². The van der Waals surface area contributed by atoms with Gasteiger partial charge in [-0.05, 0) is 75.5 Å². The Morgan fingerprint density at radius 2 is 1.81 bits per heavy atom. The molecule has 0 bridgehead atoms. The van der Waals surface area contributed by atoms with Gasteiger partial charge in [-0.3, -0.25) is 4.79 Å². The van der Waals surface area contributed by atoms with Gasteiger partial charge in [0.25, 0.3) is 0 Å². The second-order valence-corrected chi connectivity index (χ2v) is 9.74. The van der Waals surface area contributed by atoms with Crippen molar-refractivity contribution in [2.75, 3.05) is 13.1 Å². The number of carbonyl (C=O) groups is 1. The lowest BCUT2D eigenvalue weighted by Gasteiger charge is -2.60. The van der Waals surface area contributed by atoms with E-state index < -0.39 is 5.60 Å². The molecule has 1 aromatic rings. The van der Waals surface area contributed by atoms with E-state index in [0.717, 1.165) is 31.2 Å². The second-order valence-electron chi connectivity index (χ2n) is 9.74. The van der Waals surface area contributed by atoms with Crippen LogP contribution < -0.4 is 4.74 Å². The summed E-state index contributed by atoms with van der Waals surface area (Å²) in [5.74, 6) is 2.10. The van der Waals surface area contributed by atoms with Gasteiger partial charge in [-0.25, -0.2) is 0 Å². The van der Waals surface area contributed by atoms with Crippen molar-refractivity contribution in [3.63, 3.8) is 0 Å². The molecule has 26 heavy (non-hydrogen) atoms. The molecule has 4 heteroatoms. The molecule has 3 saturated carbocycles. The summed E-state index contributed by atoms with van der Waals surface area (Å²) in [5, 5.41) is 9.82. The van der Waals surface area contributed by atoms with Crippen molar-refractivity contribution in [1.82, 2.24) is 4.90 Å². The Hall–Kier alpha value is -1.55. The molecular weight excluding hydrogens is 326 g/mol.